The van der Waals surface area contributed by atoms with E-state index in [0.29, 0.717) is 5.69 Å². The van der Waals surface area contributed by atoms with E-state index in [2.05, 4.69) is 24.1 Å². The lowest BCUT2D eigenvalue weighted by molar-refractivity contribution is 0.0948. The molecule has 1 amide bonds. The quantitative estimate of drug-likeness (QED) is 0.722. The van der Waals surface area contributed by atoms with E-state index in [9.17, 15) is 4.79 Å². The van der Waals surface area contributed by atoms with Crippen LogP contribution in [-0.2, 0) is 0 Å². The summed E-state index contributed by atoms with van der Waals surface area (Å²) in [4.78, 5) is 15.5. The van der Waals surface area contributed by atoms with E-state index >= 15 is 0 Å². The molecule has 0 aliphatic heterocycles. The standard InChI is InChI=1S/C13H22N2OS/c1-11(2)7-5-3-4-6-8-14-13(16)12-9-17-10-15-12/h9-11H,3-8H2,1-2H3,(H,14,16). The number of nitrogens with one attached hydrogen (secondary N) is 1. The van der Waals surface area contributed by atoms with Gasteiger partial charge in [-0.25, -0.2) is 4.98 Å². The fourth-order valence-electron chi connectivity index (χ4n) is 1.65. The first-order valence-electron chi connectivity index (χ1n) is 6.36. The number of carbonyl (C=O) groups is 1. The van der Waals surface area contributed by atoms with E-state index in [1.807, 2.05) is 0 Å². The first-order chi connectivity index (χ1) is 8.20. The van der Waals surface area contributed by atoms with Crippen molar-refractivity contribution in [2.24, 2.45) is 5.92 Å². The van der Waals surface area contributed by atoms with Crippen LogP contribution in [0.2, 0.25) is 0 Å². The highest BCUT2D eigenvalue weighted by molar-refractivity contribution is 7.07. The zero-order valence-electron chi connectivity index (χ0n) is 10.7. The van der Waals surface area contributed by atoms with Crippen LogP contribution in [0.5, 0.6) is 0 Å². The molecule has 0 unspecified atom stereocenters. The van der Waals surface area contributed by atoms with E-state index in [4.69, 9.17) is 0 Å². The molecule has 0 radical (unpaired) electrons. The van der Waals surface area contributed by atoms with Crippen molar-refractivity contribution < 1.29 is 4.79 Å². The Balaban J connectivity index is 1.96. The Morgan fingerprint density at radius 3 is 2.76 bits per heavy atom. The Bertz CT molecular complexity index is 309. The smallest absolute Gasteiger partial charge is 0.270 e. The molecule has 0 spiro atoms. The largest absolute Gasteiger partial charge is 0.351 e. The zero-order chi connectivity index (χ0) is 12.5. The molecule has 0 saturated heterocycles. The van der Waals surface area contributed by atoms with Gasteiger partial charge in [-0.15, -0.1) is 11.3 Å². The molecule has 0 bridgehead atoms. The van der Waals surface area contributed by atoms with Crippen molar-refractivity contribution in [1.29, 1.82) is 0 Å². The van der Waals surface area contributed by atoms with Crippen molar-refractivity contribution in [2.45, 2.75) is 46.0 Å². The summed E-state index contributed by atoms with van der Waals surface area (Å²) in [6.45, 7) is 5.28. The average molecular weight is 254 g/mol. The molecular formula is C13H22N2OS. The second-order valence-corrected chi connectivity index (χ2v) is 5.45. The van der Waals surface area contributed by atoms with Crippen molar-refractivity contribution >= 4 is 17.2 Å². The van der Waals surface area contributed by atoms with Crippen LogP contribution in [0, 0.1) is 5.92 Å². The van der Waals surface area contributed by atoms with Crippen molar-refractivity contribution in [1.82, 2.24) is 10.3 Å². The van der Waals surface area contributed by atoms with Gasteiger partial charge in [-0.2, -0.15) is 0 Å². The summed E-state index contributed by atoms with van der Waals surface area (Å²) < 4.78 is 0. The van der Waals surface area contributed by atoms with Gasteiger partial charge in [0.2, 0.25) is 0 Å². The number of carbonyl (C=O) groups excluding carboxylic acids is 1. The predicted molar refractivity (Wildman–Crippen MR) is 72.4 cm³/mol. The first kappa shape index (κ1) is 14.2. The number of hydrogen-bond donors (Lipinski definition) is 1. The van der Waals surface area contributed by atoms with E-state index in [0.717, 1.165) is 18.9 Å². The summed E-state index contributed by atoms with van der Waals surface area (Å²) in [5, 5.41) is 4.67. The molecule has 0 atom stereocenters. The lowest BCUT2D eigenvalue weighted by Gasteiger charge is -2.05. The molecule has 0 saturated carbocycles. The minimum atomic E-state index is -0.0477. The molecule has 1 N–H and O–H groups in total. The fourth-order valence-corrected chi connectivity index (χ4v) is 2.18. The maximum absolute atomic E-state index is 11.5. The predicted octanol–water partition coefficient (Wildman–Crippen LogP) is 3.48. The maximum atomic E-state index is 11.5. The molecule has 0 fully saturated rings. The molecule has 17 heavy (non-hydrogen) atoms. The summed E-state index contributed by atoms with van der Waals surface area (Å²) in [7, 11) is 0. The summed E-state index contributed by atoms with van der Waals surface area (Å²) >= 11 is 1.45. The number of thiazole rings is 1. The Hall–Kier alpha value is -0.900. The van der Waals surface area contributed by atoms with Crippen LogP contribution in [-0.4, -0.2) is 17.4 Å². The minimum Gasteiger partial charge on any atom is -0.351 e. The van der Waals surface area contributed by atoms with E-state index in [-0.39, 0.29) is 5.91 Å². The molecule has 1 aromatic heterocycles. The second kappa shape index (κ2) is 8.23. The topological polar surface area (TPSA) is 42.0 Å². The van der Waals surface area contributed by atoms with Gasteiger partial charge in [-0.1, -0.05) is 39.5 Å². The van der Waals surface area contributed by atoms with Gasteiger partial charge in [-0.3, -0.25) is 4.79 Å². The van der Waals surface area contributed by atoms with Crippen LogP contribution in [0.1, 0.15) is 56.4 Å². The Labute approximate surface area is 108 Å². The highest BCUT2D eigenvalue weighted by Crippen LogP contribution is 2.09. The molecule has 4 heteroatoms. The molecule has 0 aliphatic carbocycles. The second-order valence-electron chi connectivity index (χ2n) is 4.73. The molecule has 0 aromatic carbocycles. The monoisotopic (exact) mass is 254 g/mol. The Morgan fingerprint density at radius 2 is 2.12 bits per heavy atom. The van der Waals surface area contributed by atoms with Crippen molar-refractivity contribution in [3.05, 3.63) is 16.6 Å². The summed E-state index contributed by atoms with van der Waals surface area (Å²) in [6, 6.07) is 0. The van der Waals surface area contributed by atoms with Crippen molar-refractivity contribution in [3.8, 4) is 0 Å². The number of aromatic nitrogens is 1. The number of rotatable bonds is 8. The molecule has 3 nitrogen and oxygen atoms in total. The Kier molecular flexibility index (Phi) is 6.86. The molecule has 96 valence electrons. The van der Waals surface area contributed by atoms with Crippen molar-refractivity contribution in [3.63, 3.8) is 0 Å². The van der Waals surface area contributed by atoms with Gasteiger partial charge >= 0.3 is 0 Å². The third-order valence-corrected chi connectivity index (χ3v) is 3.25. The van der Waals surface area contributed by atoms with Crippen LogP contribution in [0.25, 0.3) is 0 Å². The van der Waals surface area contributed by atoms with Gasteiger partial charge in [0.15, 0.2) is 0 Å². The van der Waals surface area contributed by atoms with E-state index < -0.39 is 0 Å². The third kappa shape index (κ3) is 6.41. The molecule has 1 rings (SSSR count). The van der Waals surface area contributed by atoms with Gasteiger partial charge in [0, 0.05) is 11.9 Å². The number of amides is 1. The van der Waals surface area contributed by atoms with Crippen LogP contribution in [0.3, 0.4) is 0 Å². The van der Waals surface area contributed by atoms with Gasteiger partial charge in [-0.05, 0) is 12.3 Å². The lowest BCUT2D eigenvalue weighted by Crippen LogP contribution is -2.24. The zero-order valence-corrected chi connectivity index (χ0v) is 11.6. The van der Waals surface area contributed by atoms with Gasteiger partial charge < -0.3 is 5.32 Å². The highest BCUT2D eigenvalue weighted by atomic mass is 32.1. The summed E-state index contributed by atoms with van der Waals surface area (Å²) in [6.07, 6.45) is 6.14. The Morgan fingerprint density at radius 1 is 1.35 bits per heavy atom. The number of nitrogens with zero attached hydrogens (tertiary/aromatic N) is 1. The lowest BCUT2D eigenvalue weighted by atomic mass is 10.0. The SMILES string of the molecule is CC(C)CCCCCCNC(=O)c1cscn1. The van der Waals surface area contributed by atoms with Crippen LogP contribution in [0.4, 0.5) is 0 Å². The summed E-state index contributed by atoms with van der Waals surface area (Å²) in [5.41, 5.74) is 2.22. The molecular weight excluding hydrogens is 232 g/mol. The number of hydrogen-bond acceptors (Lipinski definition) is 3. The van der Waals surface area contributed by atoms with E-state index in [1.165, 1.54) is 37.0 Å². The maximum Gasteiger partial charge on any atom is 0.270 e. The van der Waals surface area contributed by atoms with Gasteiger partial charge in [0.05, 0.1) is 5.51 Å². The van der Waals surface area contributed by atoms with Gasteiger partial charge in [0.1, 0.15) is 5.69 Å². The van der Waals surface area contributed by atoms with E-state index in [1.54, 1.807) is 10.9 Å². The van der Waals surface area contributed by atoms with Gasteiger partial charge in [0.25, 0.3) is 5.91 Å². The van der Waals surface area contributed by atoms with Crippen molar-refractivity contribution in [2.75, 3.05) is 6.54 Å². The molecule has 1 aromatic rings. The minimum absolute atomic E-state index is 0.0477. The number of unbranched alkanes of at least 4 members (excludes halogenated alkanes) is 3. The highest BCUT2D eigenvalue weighted by Gasteiger charge is 2.05. The normalized spacial score (nSPS) is 10.8. The average Bonchev–Trinajstić information content (AvgIpc) is 2.80. The first-order valence-corrected chi connectivity index (χ1v) is 7.31. The molecule has 0 aliphatic rings. The fraction of sp³-hybridized carbons (Fsp3) is 0.692. The summed E-state index contributed by atoms with van der Waals surface area (Å²) in [5.74, 6) is 0.757. The molecule has 1 heterocycles. The van der Waals surface area contributed by atoms with Crippen LogP contribution < -0.4 is 5.32 Å². The van der Waals surface area contributed by atoms with Crippen LogP contribution in [0.15, 0.2) is 10.9 Å². The van der Waals surface area contributed by atoms with Crippen LogP contribution >= 0.6 is 11.3 Å². The third-order valence-electron chi connectivity index (χ3n) is 2.66.